The number of amides is 1. The molecule has 0 aliphatic rings. The minimum Gasteiger partial charge on any atom is -0.345 e. The number of halogens is 4. The summed E-state index contributed by atoms with van der Waals surface area (Å²) in [6.07, 6.45) is 1.78. The SMILES string of the molecule is Cn1cc(Br)cc1C(=O)Nc1cc(Cl)c(Cl)cc1Cl. The van der Waals surface area contributed by atoms with Crippen molar-refractivity contribution in [1.29, 1.82) is 0 Å². The molecule has 0 aliphatic heterocycles. The summed E-state index contributed by atoms with van der Waals surface area (Å²) < 4.78 is 2.52. The number of carbonyl (C=O) groups is 1. The van der Waals surface area contributed by atoms with E-state index in [2.05, 4.69) is 21.2 Å². The molecule has 0 spiro atoms. The molecular weight excluding hydrogens is 374 g/mol. The molecule has 0 bridgehead atoms. The zero-order chi connectivity index (χ0) is 14.2. The normalized spacial score (nSPS) is 10.6. The van der Waals surface area contributed by atoms with Crippen molar-refractivity contribution in [2.75, 3.05) is 5.32 Å². The second kappa shape index (κ2) is 5.75. The standard InChI is InChI=1S/C12H8BrCl3N2O/c1-18-5-6(13)2-11(18)12(19)17-10-4-8(15)7(14)3-9(10)16/h2-5H,1H3,(H,17,19). The van der Waals surface area contributed by atoms with Crippen LogP contribution in [0.1, 0.15) is 10.5 Å². The van der Waals surface area contributed by atoms with Gasteiger partial charge in [-0.05, 0) is 34.1 Å². The fourth-order valence-electron chi connectivity index (χ4n) is 1.55. The van der Waals surface area contributed by atoms with Crippen LogP contribution in [0, 0.1) is 0 Å². The second-order valence-electron chi connectivity index (χ2n) is 3.85. The zero-order valence-electron chi connectivity index (χ0n) is 9.68. The van der Waals surface area contributed by atoms with E-state index in [0.29, 0.717) is 26.4 Å². The summed E-state index contributed by atoms with van der Waals surface area (Å²) in [6.45, 7) is 0. The molecule has 1 aromatic carbocycles. The van der Waals surface area contributed by atoms with Crippen LogP contribution in [-0.2, 0) is 7.05 Å². The minimum atomic E-state index is -0.284. The van der Waals surface area contributed by atoms with Gasteiger partial charge in [-0.25, -0.2) is 0 Å². The van der Waals surface area contributed by atoms with E-state index in [-0.39, 0.29) is 5.91 Å². The topological polar surface area (TPSA) is 34.0 Å². The van der Waals surface area contributed by atoms with Gasteiger partial charge >= 0.3 is 0 Å². The summed E-state index contributed by atoms with van der Waals surface area (Å²) in [5.41, 5.74) is 0.910. The van der Waals surface area contributed by atoms with Crippen LogP contribution in [0.25, 0.3) is 0 Å². The number of anilines is 1. The van der Waals surface area contributed by atoms with Crippen LogP contribution in [-0.4, -0.2) is 10.5 Å². The molecule has 0 saturated heterocycles. The maximum atomic E-state index is 12.1. The average Bonchev–Trinajstić information content (AvgIpc) is 2.65. The van der Waals surface area contributed by atoms with Crippen LogP contribution in [0.3, 0.4) is 0 Å². The first-order valence-corrected chi connectivity index (χ1v) is 7.09. The van der Waals surface area contributed by atoms with Crippen molar-refractivity contribution in [3.8, 4) is 0 Å². The monoisotopic (exact) mass is 380 g/mol. The first-order valence-electron chi connectivity index (χ1n) is 5.16. The Labute approximate surface area is 133 Å². The van der Waals surface area contributed by atoms with E-state index in [1.807, 2.05) is 0 Å². The van der Waals surface area contributed by atoms with Crippen LogP contribution in [0.2, 0.25) is 15.1 Å². The number of aryl methyl sites for hydroxylation is 1. The van der Waals surface area contributed by atoms with Crippen molar-refractivity contribution < 1.29 is 4.79 Å². The molecule has 1 N–H and O–H groups in total. The van der Waals surface area contributed by atoms with E-state index in [9.17, 15) is 4.79 Å². The predicted octanol–water partition coefficient (Wildman–Crippen LogP) is 5.00. The van der Waals surface area contributed by atoms with Gasteiger partial charge in [0.05, 0.1) is 20.8 Å². The molecule has 100 valence electrons. The van der Waals surface area contributed by atoms with Gasteiger partial charge in [0.2, 0.25) is 0 Å². The van der Waals surface area contributed by atoms with Crippen LogP contribution in [0.4, 0.5) is 5.69 Å². The molecule has 0 fully saturated rings. The number of nitrogens with one attached hydrogen (secondary N) is 1. The maximum absolute atomic E-state index is 12.1. The molecule has 0 aliphatic carbocycles. The minimum absolute atomic E-state index is 0.284. The Morgan fingerprint density at radius 1 is 1.16 bits per heavy atom. The Balaban J connectivity index is 2.29. The predicted molar refractivity (Wildman–Crippen MR) is 82.5 cm³/mol. The molecule has 0 radical (unpaired) electrons. The van der Waals surface area contributed by atoms with Crippen LogP contribution in [0.5, 0.6) is 0 Å². The third-order valence-corrected chi connectivity index (χ3v) is 3.93. The highest BCUT2D eigenvalue weighted by Gasteiger charge is 2.14. The van der Waals surface area contributed by atoms with E-state index in [1.54, 1.807) is 23.9 Å². The quantitative estimate of drug-likeness (QED) is 0.729. The number of rotatable bonds is 2. The number of hydrogen-bond acceptors (Lipinski definition) is 1. The third kappa shape index (κ3) is 3.26. The fraction of sp³-hybridized carbons (Fsp3) is 0.0833. The van der Waals surface area contributed by atoms with Gasteiger partial charge in [0, 0.05) is 17.7 Å². The molecule has 0 saturated carbocycles. The maximum Gasteiger partial charge on any atom is 0.272 e. The van der Waals surface area contributed by atoms with Crippen LogP contribution < -0.4 is 5.32 Å². The number of benzene rings is 1. The second-order valence-corrected chi connectivity index (χ2v) is 5.99. The Bertz CT molecular complexity index is 655. The van der Waals surface area contributed by atoms with E-state index >= 15 is 0 Å². The molecular formula is C12H8BrCl3N2O. The Morgan fingerprint density at radius 3 is 2.37 bits per heavy atom. The van der Waals surface area contributed by atoms with Gasteiger partial charge in [-0.1, -0.05) is 34.8 Å². The number of hydrogen-bond donors (Lipinski definition) is 1. The van der Waals surface area contributed by atoms with Gasteiger partial charge in [0.1, 0.15) is 5.69 Å². The van der Waals surface area contributed by atoms with Crippen molar-refractivity contribution >= 4 is 62.3 Å². The smallest absolute Gasteiger partial charge is 0.272 e. The van der Waals surface area contributed by atoms with Gasteiger partial charge in [-0.2, -0.15) is 0 Å². The Morgan fingerprint density at radius 2 is 1.79 bits per heavy atom. The van der Waals surface area contributed by atoms with Crippen molar-refractivity contribution in [3.05, 3.63) is 49.6 Å². The largest absolute Gasteiger partial charge is 0.345 e. The molecule has 0 atom stereocenters. The zero-order valence-corrected chi connectivity index (χ0v) is 13.5. The van der Waals surface area contributed by atoms with Gasteiger partial charge in [0.25, 0.3) is 5.91 Å². The lowest BCUT2D eigenvalue weighted by molar-refractivity contribution is 0.101. The van der Waals surface area contributed by atoms with Gasteiger partial charge in [-0.15, -0.1) is 0 Å². The van der Waals surface area contributed by atoms with E-state index < -0.39 is 0 Å². The summed E-state index contributed by atoms with van der Waals surface area (Å²) in [6, 6.07) is 4.71. The average molecular weight is 382 g/mol. The summed E-state index contributed by atoms with van der Waals surface area (Å²) in [7, 11) is 1.77. The van der Waals surface area contributed by atoms with Gasteiger partial charge in [-0.3, -0.25) is 4.79 Å². The molecule has 2 rings (SSSR count). The fourth-order valence-corrected chi connectivity index (χ4v) is 2.67. The summed E-state index contributed by atoms with van der Waals surface area (Å²) in [4.78, 5) is 12.1. The molecule has 0 unspecified atom stereocenters. The lowest BCUT2D eigenvalue weighted by Crippen LogP contribution is -2.15. The van der Waals surface area contributed by atoms with Crippen molar-refractivity contribution in [1.82, 2.24) is 4.57 Å². The Hall–Kier alpha value is -0.680. The molecule has 1 heterocycles. The summed E-state index contributed by atoms with van der Waals surface area (Å²) in [5, 5.41) is 3.69. The van der Waals surface area contributed by atoms with Crippen molar-refractivity contribution in [3.63, 3.8) is 0 Å². The Kier molecular flexibility index (Phi) is 4.46. The van der Waals surface area contributed by atoms with Gasteiger partial charge < -0.3 is 9.88 Å². The van der Waals surface area contributed by atoms with E-state index in [0.717, 1.165) is 4.47 Å². The first kappa shape index (κ1) is 14.7. The van der Waals surface area contributed by atoms with Gasteiger partial charge in [0.15, 0.2) is 0 Å². The molecule has 3 nitrogen and oxygen atoms in total. The summed E-state index contributed by atoms with van der Waals surface area (Å²) in [5.74, 6) is -0.284. The molecule has 1 aromatic heterocycles. The van der Waals surface area contributed by atoms with Crippen LogP contribution in [0.15, 0.2) is 28.9 Å². The lowest BCUT2D eigenvalue weighted by Gasteiger charge is -2.09. The number of nitrogens with zero attached hydrogens (tertiary/aromatic N) is 1. The lowest BCUT2D eigenvalue weighted by atomic mass is 10.3. The van der Waals surface area contributed by atoms with Crippen molar-refractivity contribution in [2.45, 2.75) is 0 Å². The third-order valence-electron chi connectivity index (χ3n) is 2.46. The molecule has 7 heteroatoms. The summed E-state index contributed by atoms with van der Waals surface area (Å²) >= 11 is 21.0. The highest BCUT2D eigenvalue weighted by Crippen LogP contribution is 2.32. The van der Waals surface area contributed by atoms with E-state index in [4.69, 9.17) is 34.8 Å². The highest BCUT2D eigenvalue weighted by atomic mass is 79.9. The number of carbonyl (C=O) groups excluding carboxylic acids is 1. The van der Waals surface area contributed by atoms with Crippen LogP contribution >= 0.6 is 50.7 Å². The first-order chi connectivity index (χ1) is 8.88. The number of aromatic nitrogens is 1. The van der Waals surface area contributed by atoms with Crippen molar-refractivity contribution in [2.24, 2.45) is 7.05 Å². The van der Waals surface area contributed by atoms with E-state index in [1.165, 1.54) is 12.1 Å². The highest BCUT2D eigenvalue weighted by molar-refractivity contribution is 9.10. The molecule has 1 amide bonds. The molecule has 2 aromatic rings. The molecule has 19 heavy (non-hydrogen) atoms.